The molecule has 1 rings (SSSR count). The number of anilines is 1. The minimum absolute atomic E-state index is 0.244. The lowest BCUT2D eigenvalue weighted by Gasteiger charge is -2.08. The monoisotopic (exact) mass is 250 g/mol. The van der Waals surface area contributed by atoms with E-state index in [1.165, 1.54) is 0 Å². The molecule has 0 aliphatic rings. The summed E-state index contributed by atoms with van der Waals surface area (Å²) in [6, 6.07) is 1.69. The highest BCUT2D eigenvalue weighted by atomic mass is 19.4. The van der Waals surface area contributed by atoms with Gasteiger partial charge in [-0.25, -0.2) is 0 Å². The number of nitrogens with zero attached hydrogens (tertiary/aromatic N) is 2. The van der Waals surface area contributed by atoms with Crippen LogP contribution in [0.4, 0.5) is 19.0 Å². The Morgan fingerprint density at radius 1 is 1.53 bits per heavy atom. The molecule has 8 heteroatoms. The summed E-state index contributed by atoms with van der Waals surface area (Å²) < 4.78 is 36.9. The van der Waals surface area contributed by atoms with Gasteiger partial charge < -0.3 is 10.6 Å². The predicted octanol–water partition coefficient (Wildman–Crippen LogP) is 0.819. The number of aromatic nitrogens is 2. The molecule has 1 amide bonds. The summed E-state index contributed by atoms with van der Waals surface area (Å²) in [5.74, 6) is -0.280. The fourth-order valence-electron chi connectivity index (χ4n) is 1.08. The van der Waals surface area contributed by atoms with Crippen molar-refractivity contribution in [3.05, 3.63) is 11.8 Å². The van der Waals surface area contributed by atoms with Crippen LogP contribution in [0.15, 0.2) is 6.07 Å². The normalized spacial score (nSPS) is 11.4. The van der Waals surface area contributed by atoms with Gasteiger partial charge in [-0.2, -0.15) is 18.3 Å². The summed E-state index contributed by atoms with van der Waals surface area (Å²) in [4.78, 5) is 11.0. The minimum atomic E-state index is -4.39. The van der Waals surface area contributed by atoms with Crippen molar-refractivity contribution in [2.75, 3.05) is 18.4 Å². The van der Waals surface area contributed by atoms with Crippen molar-refractivity contribution in [3.63, 3.8) is 0 Å². The van der Waals surface area contributed by atoms with E-state index < -0.39 is 18.6 Å². The van der Waals surface area contributed by atoms with Crippen LogP contribution < -0.4 is 10.6 Å². The Morgan fingerprint density at radius 3 is 2.65 bits per heavy atom. The van der Waals surface area contributed by atoms with Crippen molar-refractivity contribution >= 4 is 11.7 Å². The molecule has 1 aromatic rings. The Kier molecular flexibility index (Phi) is 3.97. The molecular formula is C9H13F3N4O. The zero-order chi connectivity index (χ0) is 13.1. The van der Waals surface area contributed by atoms with Gasteiger partial charge in [0.2, 0.25) is 5.91 Å². The van der Waals surface area contributed by atoms with Gasteiger partial charge in [0, 0.05) is 18.8 Å². The van der Waals surface area contributed by atoms with Gasteiger partial charge in [0.1, 0.15) is 12.4 Å². The zero-order valence-electron chi connectivity index (χ0n) is 9.43. The number of nitrogens with one attached hydrogen (secondary N) is 2. The lowest BCUT2D eigenvalue weighted by atomic mass is 10.4. The molecule has 0 saturated carbocycles. The average Bonchev–Trinajstić information content (AvgIpc) is 2.51. The number of alkyl halides is 3. The summed E-state index contributed by atoms with van der Waals surface area (Å²) in [6.45, 7) is 0.253. The van der Waals surface area contributed by atoms with E-state index >= 15 is 0 Å². The number of hydrogen-bond acceptors (Lipinski definition) is 3. The van der Waals surface area contributed by atoms with Crippen LogP contribution >= 0.6 is 0 Å². The molecule has 0 aliphatic carbocycles. The van der Waals surface area contributed by atoms with E-state index in [9.17, 15) is 18.0 Å². The second kappa shape index (κ2) is 5.07. The second-order valence-electron chi connectivity index (χ2n) is 3.54. The Hall–Kier alpha value is -1.73. The highest BCUT2D eigenvalue weighted by molar-refractivity contribution is 5.80. The van der Waals surface area contributed by atoms with Crippen LogP contribution in [0.2, 0.25) is 0 Å². The van der Waals surface area contributed by atoms with Crippen LogP contribution in [0.5, 0.6) is 0 Å². The van der Waals surface area contributed by atoms with Gasteiger partial charge in [0.15, 0.2) is 0 Å². The van der Waals surface area contributed by atoms with Crippen molar-refractivity contribution in [1.29, 1.82) is 0 Å². The Morgan fingerprint density at radius 2 is 2.18 bits per heavy atom. The first-order valence-corrected chi connectivity index (χ1v) is 4.86. The Balaban J connectivity index is 2.33. The second-order valence-corrected chi connectivity index (χ2v) is 3.54. The number of hydrogen-bond donors (Lipinski definition) is 2. The zero-order valence-corrected chi connectivity index (χ0v) is 9.43. The number of carbonyl (C=O) groups excluding carboxylic acids is 1. The van der Waals surface area contributed by atoms with E-state index in [0.717, 1.165) is 5.69 Å². The number of aryl methyl sites for hydroxylation is 2. The first kappa shape index (κ1) is 13.3. The maximum atomic E-state index is 11.8. The molecule has 0 radical (unpaired) electrons. The molecule has 5 nitrogen and oxygen atoms in total. The number of amides is 1. The first-order chi connectivity index (χ1) is 7.78. The predicted molar refractivity (Wildman–Crippen MR) is 55.5 cm³/mol. The van der Waals surface area contributed by atoms with Gasteiger partial charge in [-0.15, -0.1) is 0 Å². The van der Waals surface area contributed by atoms with E-state index in [-0.39, 0.29) is 6.54 Å². The molecular weight excluding hydrogens is 237 g/mol. The fourth-order valence-corrected chi connectivity index (χ4v) is 1.08. The Bertz CT molecular complexity index is 380. The van der Waals surface area contributed by atoms with Crippen LogP contribution in [0.1, 0.15) is 5.69 Å². The van der Waals surface area contributed by atoms with Gasteiger partial charge in [-0.3, -0.25) is 9.48 Å². The summed E-state index contributed by atoms with van der Waals surface area (Å²) in [5.41, 5.74) is 0.878. The molecule has 1 heterocycles. The van der Waals surface area contributed by atoms with Crippen molar-refractivity contribution < 1.29 is 18.0 Å². The number of rotatable bonds is 4. The SMILES string of the molecule is Cc1cc(NCC(=O)NCC(F)(F)F)nn1C. The molecule has 0 atom stereocenters. The lowest BCUT2D eigenvalue weighted by Crippen LogP contribution is -2.37. The molecule has 2 N–H and O–H groups in total. The van der Waals surface area contributed by atoms with Crippen molar-refractivity contribution in [2.45, 2.75) is 13.1 Å². The highest BCUT2D eigenvalue weighted by Gasteiger charge is 2.27. The van der Waals surface area contributed by atoms with Crippen molar-refractivity contribution in [3.8, 4) is 0 Å². The van der Waals surface area contributed by atoms with Crippen molar-refractivity contribution in [1.82, 2.24) is 15.1 Å². The van der Waals surface area contributed by atoms with E-state index in [1.54, 1.807) is 23.1 Å². The van der Waals surface area contributed by atoms with E-state index in [1.807, 2.05) is 6.92 Å². The van der Waals surface area contributed by atoms with Crippen LogP contribution in [0.25, 0.3) is 0 Å². The highest BCUT2D eigenvalue weighted by Crippen LogP contribution is 2.12. The van der Waals surface area contributed by atoms with Crippen LogP contribution in [-0.2, 0) is 11.8 Å². The molecule has 0 unspecified atom stereocenters. The molecule has 0 saturated heterocycles. The van der Waals surface area contributed by atoms with Gasteiger partial charge in [-0.1, -0.05) is 0 Å². The lowest BCUT2D eigenvalue weighted by molar-refractivity contribution is -0.137. The maximum Gasteiger partial charge on any atom is 0.405 e. The maximum absolute atomic E-state index is 11.8. The minimum Gasteiger partial charge on any atom is -0.360 e. The summed E-state index contributed by atoms with van der Waals surface area (Å²) in [6.07, 6.45) is -4.39. The Labute approximate surface area is 96.0 Å². The van der Waals surface area contributed by atoms with E-state index in [2.05, 4.69) is 10.4 Å². The molecule has 17 heavy (non-hydrogen) atoms. The third-order valence-electron chi connectivity index (χ3n) is 2.03. The van der Waals surface area contributed by atoms with E-state index in [0.29, 0.717) is 5.82 Å². The molecule has 0 bridgehead atoms. The largest absolute Gasteiger partial charge is 0.405 e. The number of halogens is 3. The molecule has 0 spiro atoms. The first-order valence-electron chi connectivity index (χ1n) is 4.86. The molecule has 1 aromatic heterocycles. The van der Waals surface area contributed by atoms with Crippen LogP contribution in [-0.4, -0.2) is 35.0 Å². The third kappa shape index (κ3) is 4.75. The average molecular weight is 250 g/mol. The summed E-state index contributed by atoms with van der Waals surface area (Å²) in [7, 11) is 1.73. The van der Waals surface area contributed by atoms with E-state index in [4.69, 9.17) is 0 Å². The van der Waals surface area contributed by atoms with Crippen molar-refractivity contribution in [2.24, 2.45) is 7.05 Å². The number of carbonyl (C=O) groups is 1. The quantitative estimate of drug-likeness (QED) is 0.831. The van der Waals surface area contributed by atoms with Gasteiger partial charge in [0.05, 0.1) is 6.54 Å². The van der Waals surface area contributed by atoms with Crippen LogP contribution in [0.3, 0.4) is 0 Å². The fraction of sp³-hybridized carbons (Fsp3) is 0.556. The van der Waals surface area contributed by atoms with Gasteiger partial charge in [-0.05, 0) is 6.92 Å². The summed E-state index contributed by atoms with van der Waals surface area (Å²) >= 11 is 0. The standard InChI is InChI=1S/C9H13F3N4O/c1-6-3-7(15-16(6)2)13-4-8(17)14-5-9(10,11)12/h3H,4-5H2,1-2H3,(H,13,15)(H,14,17). The van der Waals surface area contributed by atoms with Gasteiger partial charge >= 0.3 is 6.18 Å². The molecule has 96 valence electrons. The molecule has 0 aromatic carbocycles. The molecule has 0 fully saturated rings. The summed E-state index contributed by atoms with van der Waals surface area (Å²) in [5, 5.41) is 8.38. The third-order valence-corrected chi connectivity index (χ3v) is 2.03. The van der Waals surface area contributed by atoms with Gasteiger partial charge in [0.25, 0.3) is 0 Å². The smallest absolute Gasteiger partial charge is 0.360 e. The topological polar surface area (TPSA) is 59.0 Å². The van der Waals surface area contributed by atoms with Crippen LogP contribution in [0, 0.1) is 6.92 Å². The molecule has 0 aliphatic heterocycles.